The molecule has 0 aromatic carbocycles. The Hall–Kier alpha value is -0.0231. The predicted octanol–water partition coefficient (Wildman–Crippen LogP) is -0.136. The lowest BCUT2D eigenvalue weighted by atomic mass is 10.3. The molecule has 0 aromatic rings. The minimum Gasteiger partial charge on any atom is -0.377 e. The molecular weight excluding hydrogens is 250 g/mol. The van der Waals surface area contributed by atoms with E-state index in [1.54, 1.807) is 21.3 Å². The van der Waals surface area contributed by atoms with Crippen molar-refractivity contribution in [3.8, 4) is 0 Å². The number of hydrogen-bond donors (Lipinski definition) is 2. The molecule has 0 aromatic heterocycles. The van der Waals surface area contributed by atoms with Crippen molar-refractivity contribution in [1.82, 2.24) is 4.90 Å². The van der Waals surface area contributed by atoms with E-state index in [0.29, 0.717) is 13.1 Å². The van der Waals surface area contributed by atoms with Crippen molar-refractivity contribution >= 4 is 8.80 Å². The number of nitrogens with zero attached hydrogens (tertiary/aromatic N) is 1. The molecule has 0 aliphatic heterocycles. The second kappa shape index (κ2) is 10.9. The van der Waals surface area contributed by atoms with Crippen LogP contribution in [0.1, 0.15) is 12.8 Å². The van der Waals surface area contributed by atoms with Gasteiger partial charge in [-0.15, -0.1) is 0 Å². The van der Waals surface area contributed by atoms with Crippen molar-refractivity contribution in [1.29, 1.82) is 0 Å². The third-order valence-electron chi connectivity index (χ3n) is 3.01. The molecule has 7 heteroatoms. The van der Waals surface area contributed by atoms with Gasteiger partial charge in [0.2, 0.25) is 0 Å². The largest absolute Gasteiger partial charge is 0.500 e. The van der Waals surface area contributed by atoms with E-state index in [4.69, 9.17) is 24.7 Å². The van der Waals surface area contributed by atoms with Crippen LogP contribution in [0.15, 0.2) is 0 Å². The van der Waals surface area contributed by atoms with Gasteiger partial charge in [-0.05, 0) is 32.5 Å². The standard InChI is InChI=1S/C11H29N3O3Si/c1-15-18(16-2,17-3)11-5-9-14(10-7-13)8-4-6-12/h4-13H2,1-3H3. The summed E-state index contributed by atoms with van der Waals surface area (Å²) < 4.78 is 16.2. The molecule has 0 saturated heterocycles. The zero-order chi connectivity index (χ0) is 13.9. The number of rotatable bonds is 12. The van der Waals surface area contributed by atoms with E-state index in [2.05, 4.69) is 4.90 Å². The van der Waals surface area contributed by atoms with Gasteiger partial charge >= 0.3 is 8.80 Å². The van der Waals surface area contributed by atoms with Gasteiger partial charge in [0.1, 0.15) is 0 Å². The van der Waals surface area contributed by atoms with E-state index in [1.165, 1.54) is 0 Å². The summed E-state index contributed by atoms with van der Waals surface area (Å²) in [4.78, 5) is 2.33. The molecule has 0 radical (unpaired) electrons. The minimum atomic E-state index is -2.42. The first-order valence-corrected chi connectivity index (χ1v) is 8.39. The second-order valence-corrected chi connectivity index (χ2v) is 7.26. The van der Waals surface area contributed by atoms with E-state index in [1.807, 2.05) is 0 Å². The van der Waals surface area contributed by atoms with Crippen LogP contribution in [0.25, 0.3) is 0 Å². The van der Waals surface area contributed by atoms with Gasteiger partial charge < -0.3 is 29.6 Å². The molecule has 0 saturated carbocycles. The average Bonchev–Trinajstić information content (AvgIpc) is 2.41. The highest BCUT2D eigenvalue weighted by Gasteiger charge is 2.36. The zero-order valence-electron chi connectivity index (χ0n) is 12.0. The van der Waals surface area contributed by atoms with Crippen LogP contribution >= 0.6 is 0 Å². The third-order valence-corrected chi connectivity index (χ3v) is 5.85. The molecule has 0 spiro atoms. The molecule has 0 aliphatic carbocycles. The molecule has 0 fully saturated rings. The normalized spacial score (nSPS) is 12.3. The molecule has 0 amide bonds. The van der Waals surface area contributed by atoms with Gasteiger partial charge in [-0.25, -0.2) is 0 Å². The summed E-state index contributed by atoms with van der Waals surface area (Å²) in [6.45, 7) is 4.26. The van der Waals surface area contributed by atoms with Crippen molar-refractivity contribution in [2.24, 2.45) is 11.5 Å². The van der Waals surface area contributed by atoms with E-state index in [-0.39, 0.29) is 0 Å². The van der Waals surface area contributed by atoms with E-state index in [9.17, 15) is 0 Å². The van der Waals surface area contributed by atoms with Crippen molar-refractivity contribution in [2.75, 3.05) is 54.1 Å². The fourth-order valence-corrected chi connectivity index (χ4v) is 3.61. The monoisotopic (exact) mass is 279 g/mol. The molecule has 110 valence electrons. The molecule has 0 aliphatic rings. The molecule has 18 heavy (non-hydrogen) atoms. The van der Waals surface area contributed by atoms with Crippen molar-refractivity contribution in [3.05, 3.63) is 0 Å². The highest BCUT2D eigenvalue weighted by Crippen LogP contribution is 2.15. The van der Waals surface area contributed by atoms with E-state index in [0.717, 1.165) is 38.5 Å². The van der Waals surface area contributed by atoms with Crippen LogP contribution in [0, 0.1) is 0 Å². The number of hydrogen-bond acceptors (Lipinski definition) is 6. The maximum Gasteiger partial charge on any atom is 0.500 e. The Labute approximate surface area is 112 Å². The van der Waals surface area contributed by atoms with Crippen LogP contribution < -0.4 is 11.5 Å². The van der Waals surface area contributed by atoms with Gasteiger partial charge in [-0.3, -0.25) is 0 Å². The van der Waals surface area contributed by atoms with Crippen molar-refractivity contribution < 1.29 is 13.3 Å². The summed E-state index contributed by atoms with van der Waals surface area (Å²) in [6, 6.07) is 0.820. The van der Waals surface area contributed by atoms with Crippen LogP contribution in [-0.4, -0.2) is 67.8 Å². The van der Waals surface area contributed by atoms with Crippen LogP contribution in [-0.2, 0) is 13.3 Å². The summed E-state index contributed by atoms with van der Waals surface area (Å²) in [5, 5.41) is 0. The van der Waals surface area contributed by atoms with Gasteiger partial charge in [-0.1, -0.05) is 0 Å². The summed E-state index contributed by atoms with van der Waals surface area (Å²) in [6.07, 6.45) is 1.98. The van der Waals surface area contributed by atoms with Gasteiger partial charge in [0.25, 0.3) is 0 Å². The van der Waals surface area contributed by atoms with Crippen LogP contribution in [0.2, 0.25) is 6.04 Å². The first-order chi connectivity index (χ1) is 8.67. The second-order valence-electron chi connectivity index (χ2n) is 4.17. The average molecular weight is 279 g/mol. The molecule has 6 nitrogen and oxygen atoms in total. The molecule has 0 unspecified atom stereocenters. The lowest BCUT2D eigenvalue weighted by Crippen LogP contribution is -2.43. The van der Waals surface area contributed by atoms with E-state index < -0.39 is 8.80 Å². The highest BCUT2D eigenvalue weighted by molar-refractivity contribution is 6.60. The summed E-state index contributed by atoms with van der Waals surface area (Å²) in [5.74, 6) is 0. The van der Waals surface area contributed by atoms with E-state index >= 15 is 0 Å². The summed E-state index contributed by atoms with van der Waals surface area (Å²) >= 11 is 0. The van der Waals surface area contributed by atoms with Crippen LogP contribution in [0.5, 0.6) is 0 Å². The summed E-state index contributed by atoms with van der Waals surface area (Å²) in [5.41, 5.74) is 11.1. The maximum absolute atomic E-state index is 5.60. The molecular formula is C11H29N3O3Si. The lowest BCUT2D eigenvalue weighted by molar-refractivity contribution is 0.121. The quantitative estimate of drug-likeness (QED) is 0.484. The molecule has 0 rings (SSSR count). The van der Waals surface area contributed by atoms with Crippen molar-refractivity contribution in [2.45, 2.75) is 18.9 Å². The lowest BCUT2D eigenvalue weighted by Gasteiger charge is -2.26. The molecule has 0 heterocycles. The Balaban J connectivity index is 4.02. The smallest absolute Gasteiger partial charge is 0.377 e. The predicted molar refractivity (Wildman–Crippen MR) is 75.4 cm³/mol. The summed E-state index contributed by atoms with van der Waals surface area (Å²) in [7, 11) is 2.51. The van der Waals surface area contributed by atoms with Gasteiger partial charge in [-0.2, -0.15) is 0 Å². The highest BCUT2D eigenvalue weighted by atomic mass is 28.4. The fourth-order valence-electron chi connectivity index (χ4n) is 1.91. The Morgan fingerprint density at radius 3 is 1.83 bits per heavy atom. The minimum absolute atomic E-state index is 0.673. The van der Waals surface area contributed by atoms with Gasteiger partial charge in [0.15, 0.2) is 0 Å². The molecule has 0 atom stereocenters. The van der Waals surface area contributed by atoms with Gasteiger partial charge in [0.05, 0.1) is 0 Å². The first-order valence-electron chi connectivity index (χ1n) is 6.46. The van der Waals surface area contributed by atoms with Crippen LogP contribution in [0.3, 0.4) is 0 Å². The van der Waals surface area contributed by atoms with Gasteiger partial charge in [0, 0.05) is 40.5 Å². The fraction of sp³-hybridized carbons (Fsp3) is 1.00. The Morgan fingerprint density at radius 2 is 1.39 bits per heavy atom. The number of nitrogens with two attached hydrogens (primary N) is 2. The van der Waals surface area contributed by atoms with Crippen molar-refractivity contribution in [3.63, 3.8) is 0 Å². The topological polar surface area (TPSA) is 83.0 Å². The Bertz CT molecular complexity index is 186. The zero-order valence-corrected chi connectivity index (χ0v) is 13.0. The molecule has 4 N–H and O–H groups in total. The maximum atomic E-state index is 5.60. The Morgan fingerprint density at radius 1 is 0.833 bits per heavy atom. The Kier molecular flexibility index (Phi) is 10.8. The first kappa shape index (κ1) is 18.0. The third kappa shape index (κ3) is 6.79. The SMILES string of the molecule is CO[Si](CCCN(CCN)CCCN)(OC)OC. The molecule has 0 bridgehead atoms. The van der Waals surface area contributed by atoms with Crippen LogP contribution in [0.4, 0.5) is 0 Å².